The van der Waals surface area contributed by atoms with Crippen molar-refractivity contribution in [2.24, 2.45) is 0 Å². The Bertz CT molecular complexity index is 1020. The van der Waals surface area contributed by atoms with Crippen molar-refractivity contribution in [2.75, 3.05) is 29.9 Å². The van der Waals surface area contributed by atoms with Crippen molar-refractivity contribution in [3.05, 3.63) is 47.0 Å². The molecule has 5 rings (SSSR count). The van der Waals surface area contributed by atoms with Crippen molar-refractivity contribution in [3.8, 4) is 5.75 Å². The van der Waals surface area contributed by atoms with Gasteiger partial charge in [0.1, 0.15) is 17.4 Å². The smallest absolute Gasteiger partial charge is 0.251 e. The Balaban J connectivity index is 1.24. The van der Waals surface area contributed by atoms with Gasteiger partial charge >= 0.3 is 0 Å². The minimum absolute atomic E-state index is 0.158. The summed E-state index contributed by atoms with van der Waals surface area (Å²) in [6.45, 7) is 2.67. The lowest BCUT2D eigenvalue weighted by atomic mass is 9.92. The molecule has 1 saturated carbocycles. The number of benzene rings is 1. The zero-order valence-corrected chi connectivity index (χ0v) is 19.6. The zero-order chi connectivity index (χ0) is 23.5. The van der Waals surface area contributed by atoms with Gasteiger partial charge in [-0.05, 0) is 80.3 Å². The maximum Gasteiger partial charge on any atom is 0.251 e. The summed E-state index contributed by atoms with van der Waals surface area (Å²) in [5.74, 6) is 1.66. The van der Waals surface area contributed by atoms with E-state index in [2.05, 4.69) is 20.9 Å². The first-order valence-electron chi connectivity index (χ1n) is 12.6. The number of pyridine rings is 1. The standard InChI is InChI=1S/C26H35N5O3/c32-21-8-7-17-12-22(27-15-19(17)11-21)23(33)16-28-26(34)18-13-24(29-20-5-4-6-20)30-25(14-18)31-9-2-1-3-10-31/h7-8,11,13-14,20,22-23,27,32-33H,1-6,9-10,12,15-16H2,(H,28,34)(H,29,30)/t22-,23+/m0/s1. The number of nitrogens with zero attached hydrogens (tertiary/aromatic N) is 2. The molecule has 0 radical (unpaired) electrons. The Labute approximate surface area is 200 Å². The number of hydrogen-bond donors (Lipinski definition) is 5. The molecule has 1 aliphatic carbocycles. The van der Waals surface area contributed by atoms with Crippen LogP contribution >= 0.6 is 0 Å². The molecular weight excluding hydrogens is 430 g/mol. The molecule has 0 bridgehead atoms. The topological polar surface area (TPSA) is 110 Å². The number of fused-ring (bicyclic) bond motifs is 1. The van der Waals surface area contributed by atoms with E-state index >= 15 is 0 Å². The fourth-order valence-corrected chi connectivity index (χ4v) is 5.01. The molecule has 2 aromatic rings. The molecule has 2 fully saturated rings. The quantitative estimate of drug-likeness (QED) is 0.427. The molecule has 8 nitrogen and oxygen atoms in total. The summed E-state index contributed by atoms with van der Waals surface area (Å²) in [5.41, 5.74) is 2.72. The van der Waals surface area contributed by atoms with Gasteiger partial charge in [-0.3, -0.25) is 4.79 Å². The van der Waals surface area contributed by atoms with Crippen LogP contribution in [0.5, 0.6) is 5.75 Å². The monoisotopic (exact) mass is 465 g/mol. The number of aromatic nitrogens is 1. The van der Waals surface area contributed by atoms with E-state index < -0.39 is 6.10 Å². The number of phenolic OH excluding ortho intramolecular Hbond substituents is 1. The molecule has 3 heterocycles. The Hall–Kier alpha value is -2.84. The molecule has 2 aliphatic heterocycles. The minimum Gasteiger partial charge on any atom is -0.508 e. The SMILES string of the molecule is O=C(NC[C@@H](O)[C@@H]1Cc2ccc(O)cc2CN1)c1cc(NC2CCC2)nc(N2CCCCC2)c1. The second kappa shape index (κ2) is 10.2. The van der Waals surface area contributed by atoms with Gasteiger partial charge in [-0.25, -0.2) is 4.98 Å². The van der Waals surface area contributed by atoms with Gasteiger partial charge in [0.15, 0.2) is 0 Å². The van der Waals surface area contributed by atoms with Crippen molar-refractivity contribution in [1.82, 2.24) is 15.6 Å². The maximum absolute atomic E-state index is 13.1. The summed E-state index contributed by atoms with van der Waals surface area (Å²) in [6, 6.07) is 9.31. The number of phenols is 1. The van der Waals surface area contributed by atoms with E-state index in [1.165, 1.54) is 12.8 Å². The number of anilines is 2. The van der Waals surface area contributed by atoms with E-state index in [4.69, 9.17) is 4.98 Å². The normalized spacial score (nSPS) is 21.3. The molecular formula is C26H35N5O3. The van der Waals surface area contributed by atoms with Gasteiger partial charge in [0, 0.05) is 43.8 Å². The number of piperidine rings is 1. The number of carbonyl (C=O) groups excluding carboxylic acids is 1. The molecule has 3 aliphatic rings. The third-order valence-corrected chi connectivity index (χ3v) is 7.33. The highest BCUT2D eigenvalue weighted by Crippen LogP contribution is 2.26. The number of aliphatic hydroxyl groups is 1. The molecule has 0 unspecified atom stereocenters. The summed E-state index contributed by atoms with van der Waals surface area (Å²) in [6.07, 6.45) is 6.97. The van der Waals surface area contributed by atoms with Crippen molar-refractivity contribution in [1.29, 1.82) is 0 Å². The minimum atomic E-state index is -0.720. The Morgan fingerprint density at radius 3 is 2.71 bits per heavy atom. The average molecular weight is 466 g/mol. The lowest BCUT2D eigenvalue weighted by Gasteiger charge is -2.31. The van der Waals surface area contributed by atoms with Crippen LogP contribution in [0.4, 0.5) is 11.6 Å². The average Bonchev–Trinajstić information content (AvgIpc) is 2.84. The highest BCUT2D eigenvalue weighted by atomic mass is 16.3. The molecule has 0 spiro atoms. The molecule has 1 aromatic carbocycles. The van der Waals surface area contributed by atoms with E-state index in [0.29, 0.717) is 24.6 Å². The van der Waals surface area contributed by atoms with Gasteiger partial charge < -0.3 is 31.1 Å². The first-order valence-corrected chi connectivity index (χ1v) is 12.6. The van der Waals surface area contributed by atoms with Crippen LogP contribution in [0.3, 0.4) is 0 Å². The molecule has 1 aromatic heterocycles. The molecule has 8 heteroatoms. The number of nitrogens with one attached hydrogen (secondary N) is 3. The van der Waals surface area contributed by atoms with Crippen LogP contribution in [0.25, 0.3) is 0 Å². The van der Waals surface area contributed by atoms with E-state index in [-0.39, 0.29) is 24.2 Å². The summed E-state index contributed by atoms with van der Waals surface area (Å²) in [5, 5.41) is 30.2. The van der Waals surface area contributed by atoms with Crippen molar-refractivity contribution >= 4 is 17.5 Å². The van der Waals surface area contributed by atoms with Gasteiger partial charge in [0.2, 0.25) is 0 Å². The van der Waals surface area contributed by atoms with Crippen LogP contribution in [-0.4, -0.2) is 58.9 Å². The van der Waals surface area contributed by atoms with Gasteiger partial charge in [0.05, 0.1) is 6.10 Å². The van der Waals surface area contributed by atoms with Crippen LogP contribution < -0.4 is 20.9 Å². The lowest BCUT2D eigenvalue weighted by Crippen LogP contribution is -2.49. The van der Waals surface area contributed by atoms with Crippen LogP contribution in [-0.2, 0) is 13.0 Å². The van der Waals surface area contributed by atoms with Crippen molar-refractivity contribution in [2.45, 2.75) is 69.7 Å². The first-order chi connectivity index (χ1) is 16.5. The fraction of sp³-hybridized carbons (Fsp3) is 0.538. The van der Waals surface area contributed by atoms with Gasteiger partial charge in [-0.1, -0.05) is 6.07 Å². The van der Waals surface area contributed by atoms with E-state index in [1.807, 2.05) is 18.2 Å². The number of aromatic hydroxyl groups is 1. The highest BCUT2D eigenvalue weighted by molar-refractivity contribution is 5.95. The second-order valence-corrected chi connectivity index (χ2v) is 9.84. The molecule has 2 atom stereocenters. The molecule has 5 N–H and O–H groups in total. The molecule has 182 valence electrons. The number of aliphatic hydroxyl groups excluding tert-OH is 1. The van der Waals surface area contributed by atoms with E-state index in [9.17, 15) is 15.0 Å². The van der Waals surface area contributed by atoms with Gasteiger partial charge in [-0.2, -0.15) is 0 Å². The van der Waals surface area contributed by atoms with Crippen LogP contribution in [0, 0.1) is 0 Å². The van der Waals surface area contributed by atoms with Crippen LogP contribution in [0.1, 0.15) is 60.0 Å². The van der Waals surface area contributed by atoms with Crippen LogP contribution in [0.2, 0.25) is 0 Å². The Morgan fingerprint density at radius 2 is 1.94 bits per heavy atom. The lowest BCUT2D eigenvalue weighted by molar-refractivity contribution is 0.0870. The third kappa shape index (κ3) is 5.28. The number of carbonyl (C=O) groups is 1. The predicted molar refractivity (Wildman–Crippen MR) is 132 cm³/mol. The predicted octanol–water partition coefficient (Wildman–Crippen LogP) is 2.55. The number of hydrogen-bond acceptors (Lipinski definition) is 7. The first kappa shape index (κ1) is 22.9. The highest BCUT2D eigenvalue weighted by Gasteiger charge is 2.26. The summed E-state index contributed by atoms with van der Waals surface area (Å²) >= 11 is 0. The summed E-state index contributed by atoms with van der Waals surface area (Å²) in [4.78, 5) is 20.2. The summed E-state index contributed by atoms with van der Waals surface area (Å²) in [7, 11) is 0. The van der Waals surface area contributed by atoms with E-state index in [1.54, 1.807) is 12.1 Å². The maximum atomic E-state index is 13.1. The Kier molecular flexibility index (Phi) is 6.87. The van der Waals surface area contributed by atoms with Crippen LogP contribution in [0.15, 0.2) is 30.3 Å². The van der Waals surface area contributed by atoms with Gasteiger partial charge in [0.25, 0.3) is 5.91 Å². The van der Waals surface area contributed by atoms with Crippen molar-refractivity contribution < 1.29 is 15.0 Å². The third-order valence-electron chi connectivity index (χ3n) is 7.33. The largest absolute Gasteiger partial charge is 0.508 e. The summed E-state index contributed by atoms with van der Waals surface area (Å²) < 4.78 is 0. The fourth-order valence-electron chi connectivity index (χ4n) is 5.01. The molecule has 34 heavy (non-hydrogen) atoms. The van der Waals surface area contributed by atoms with E-state index in [0.717, 1.165) is 61.5 Å². The van der Waals surface area contributed by atoms with Gasteiger partial charge in [-0.15, -0.1) is 0 Å². The molecule has 1 saturated heterocycles. The Morgan fingerprint density at radius 1 is 1.12 bits per heavy atom. The number of rotatable bonds is 7. The zero-order valence-electron chi connectivity index (χ0n) is 19.6. The molecule has 1 amide bonds. The second-order valence-electron chi connectivity index (χ2n) is 9.84. The van der Waals surface area contributed by atoms with Crippen molar-refractivity contribution in [3.63, 3.8) is 0 Å². The number of amides is 1.